The number of nitrogens with one attached hydrogen (secondary N) is 1. The molecular weight excluding hydrogens is 242 g/mol. The molecule has 4 heteroatoms. The predicted molar refractivity (Wildman–Crippen MR) is 72.5 cm³/mol. The monoisotopic (exact) mass is 263 g/mol. The number of hydroxylamine groups is 2. The van der Waals surface area contributed by atoms with Gasteiger partial charge in [-0.1, -0.05) is 30.3 Å². The fourth-order valence-electron chi connectivity index (χ4n) is 2.32. The summed E-state index contributed by atoms with van der Waals surface area (Å²) in [7, 11) is 0. The van der Waals surface area contributed by atoms with E-state index < -0.39 is 5.60 Å². The first-order chi connectivity index (χ1) is 8.87. The lowest BCUT2D eigenvalue weighted by Gasteiger charge is -2.46. The highest BCUT2D eigenvalue weighted by atomic mass is 16.6. The molecule has 4 nitrogen and oxygen atoms in total. The van der Waals surface area contributed by atoms with Gasteiger partial charge in [0.1, 0.15) is 11.6 Å². The van der Waals surface area contributed by atoms with Crippen molar-refractivity contribution in [2.75, 3.05) is 6.54 Å². The molecule has 1 fully saturated rings. The average Bonchev–Trinajstić information content (AvgIpc) is 2.32. The van der Waals surface area contributed by atoms with Gasteiger partial charge < -0.3 is 15.0 Å². The van der Waals surface area contributed by atoms with Gasteiger partial charge in [-0.3, -0.25) is 4.79 Å². The van der Waals surface area contributed by atoms with Crippen molar-refractivity contribution in [3.05, 3.63) is 41.1 Å². The highest BCUT2D eigenvalue weighted by Gasteiger charge is 2.46. The number of benzene rings is 1. The maximum atomic E-state index is 12.0. The van der Waals surface area contributed by atoms with Crippen molar-refractivity contribution < 1.29 is 14.6 Å². The molecule has 3 unspecified atom stereocenters. The lowest BCUT2D eigenvalue weighted by molar-refractivity contribution is -0.928. The SMILES string of the molecule is CC(C)(C)OC(=O)C1C[NH+]([O-])C1Cc1ccccc1. The molecule has 1 aliphatic heterocycles. The summed E-state index contributed by atoms with van der Waals surface area (Å²) in [6.07, 6.45) is 0.629. The second kappa shape index (κ2) is 5.31. The van der Waals surface area contributed by atoms with Gasteiger partial charge in [0.05, 0.1) is 6.54 Å². The molecule has 0 spiro atoms. The summed E-state index contributed by atoms with van der Waals surface area (Å²) in [5, 5.41) is 11.9. The molecule has 0 aliphatic carbocycles. The second-order valence-corrected chi connectivity index (χ2v) is 6.11. The molecule has 0 amide bonds. The lowest BCUT2D eigenvalue weighted by Crippen LogP contribution is -3.21. The van der Waals surface area contributed by atoms with Crippen molar-refractivity contribution in [1.82, 2.24) is 0 Å². The van der Waals surface area contributed by atoms with Gasteiger partial charge in [-0.15, -0.1) is 0 Å². The molecule has 1 aliphatic rings. The fourth-order valence-corrected chi connectivity index (χ4v) is 2.32. The summed E-state index contributed by atoms with van der Waals surface area (Å²) < 4.78 is 5.37. The van der Waals surface area contributed by atoms with Gasteiger partial charge in [0.25, 0.3) is 0 Å². The Kier molecular flexibility index (Phi) is 3.92. The molecule has 1 heterocycles. The van der Waals surface area contributed by atoms with E-state index in [-0.39, 0.29) is 23.0 Å². The Bertz CT molecular complexity index is 438. The molecule has 104 valence electrons. The van der Waals surface area contributed by atoms with Crippen LogP contribution in [-0.2, 0) is 16.0 Å². The van der Waals surface area contributed by atoms with E-state index in [0.29, 0.717) is 13.0 Å². The van der Waals surface area contributed by atoms with E-state index in [4.69, 9.17) is 4.74 Å². The number of carbonyl (C=O) groups is 1. The number of carbonyl (C=O) groups excluding carboxylic acids is 1. The molecule has 1 N–H and O–H groups in total. The summed E-state index contributed by atoms with van der Waals surface area (Å²) in [5.74, 6) is -0.514. The van der Waals surface area contributed by atoms with Crippen molar-refractivity contribution in [1.29, 1.82) is 0 Å². The number of hydrogen-bond donors (Lipinski definition) is 1. The zero-order chi connectivity index (χ0) is 14.0. The molecule has 0 bridgehead atoms. The molecule has 1 aromatic carbocycles. The Morgan fingerprint density at radius 3 is 2.53 bits per heavy atom. The standard InChI is InChI=1S/C15H21NO3/c1-15(2,3)19-14(17)12-10-16(18)13(12)9-11-7-5-4-6-8-11/h4-8,12-13,16H,9-10H2,1-3H3. The molecule has 0 saturated carbocycles. The average molecular weight is 263 g/mol. The van der Waals surface area contributed by atoms with Crippen LogP contribution in [0.2, 0.25) is 0 Å². The molecule has 1 aromatic rings. The number of hydrogen-bond acceptors (Lipinski definition) is 3. The smallest absolute Gasteiger partial charge is 0.321 e. The van der Waals surface area contributed by atoms with Crippen molar-refractivity contribution in [2.24, 2.45) is 5.92 Å². The van der Waals surface area contributed by atoms with Gasteiger partial charge in [-0.05, 0) is 26.3 Å². The number of quaternary nitrogens is 1. The van der Waals surface area contributed by atoms with Gasteiger partial charge in [0, 0.05) is 6.42 Å². The summed E-state index contributed by atoms with van der Waals surface area (Å²) in [5.41, 5.74) is 0.599. The van der Waals surface area contributed by atoms with Crippen molar-refractivity contribution >= 4 is 5.97 Å². The Morgan fingerprint density at radius 2 is 2.00 bits per heavy atom. The minimum absolute atomic E-state index is 0.166. The Balaban J connectivity index is 1.98. The van der Waals surface area contributed by atoms with Crippen LogP contribution in [0.3, 0.4) is 0 Å². The van der Waals surface area contributed by atoms with Crippen LogP contribution in [0, 0.1) is 11.1 Å². The summed E-state index contributed by atoms with van der Waals surface area (Å²) in [6.45, 7) is 5.86. The third-order valence-corrected chi connectivity index (χ3v) is 3.33. The van der Waals surface area contributed by atoms with Crippen LogP contribution in [0.4, 0.5) is 0 Å². The third kappa shape index (κ3) is 3.55. The summed E-state index contributed by atoms with van der Waals surface area (Å²) >= 11 is 0. The first-order valence-corrected chi connectivity index (χ1v) is 6.66. The first-order valence-electron chi connectivity index (χ1n) is 6.66. The quantitative estimate of drug-likeness (QED) is 0.652. The van der Waals surface area contributed by atoms with Gasteiger partial charge in [0.15, 0.2) is 5.92 Å². The maximum Gasteiger partial charge on any atom is 0.321 e. The molecule has 2 rings (SSSR count). The van der Waals surface area contributed by atoms with Crippen LogP contribution < -0.4 is 5.06 Å². The van der Waals surface area contributed by atoms with Crippen LogP contribution in [0.15, 0.2) is 30.3 Å². The van der Waals surface area contributed by atoms with Gasteiger partial charge in [0.2, 0.25) is 0 Å². The van der Waals surface area contributed by atoms with E-state index in [1.807, 2.05) is 51.1 Å². The number of ether oxygens (including phenoxy) is 1. The van der Waals surface area contributed by atoms with Crippen LogP contribution >= 0.6 is 0 Å². The Hall–Kier alpha value is -1.39. The van der Waals surface area contributed by atoms with Crippen LogP contribution in [0.25, 0.3) is 0 Å². The minimum atomic E-state index is -0.493. The fraction of sp³-hybridized carbons (Fsp3) is 0.533. The highest BCUT2D eigenvalue weighted by molar-refractivity contribution is 5.74. The zero-order valence-electron chi connectivity index (χ0n) is 11.7. The van der Waals surface area contributed by atoms with Gasteiger partial charge >= 0.3 is 5.97 Å². The highest BCUT2D eigenvalue weighted by Crippen LogP contribution is 2.18. The van der Waals surface area contributed by atoms with Gasteiger partial charge in [-0.25, -0.2) is 0 Å². The van der Waals surface area contributed by atoms with Crippen LogP contribution in [-0.4, -0.2) is 24.2 Å². The predicted octanol–water partition coefficient (Wildman–Crippen LogP) is 0.952. The molecule has 3 atom stereocenters. The summed E-state index contributed by atoms with van der Waals surface area (Å²) in [4.78, 5) is 12.0. The lowest BCUT2D eigenvalue weighted by atomic mass is 9.86. The Labute approximate surface area is 113 Å². The molecular formula is C15H21NO3. The van der Waals surface area contributed by atoms with Gasteiger partial charge in [-0.2, -0.15) is 0 Å². The number of rotatable bonds is 3. The van der Waals surface area contributed by atoms with E-state index in [0.717, 1.165) is 5.56 Å². The molecule has 0 aromatic heterocycles. The van der Waals surface area contributed by atoms with Crippen molar-refractivity contribution in [3.63, 3.8) is 0 Å². The van der Waals surface area contributed by atoms with E-state index in [1.165, 1.54) is 0 Å². The molecule has 1 saturated heterocycles. The maximum absolute atomic E-state index is 12.0. The Morgan fingerprint density at radius 1 is 1.37 bits per heavy atom. The van der Waals surface area contributed by atoms with Crippen LogP contribution in [0.1, 0.15) is 26.3 Å². The van der Waals surface area contributed by atoms with E-state index in [2.05, 4.69) is 0 Å². The topological polar surface area (TPSA) is 53.8 Å². The normalized spacial score (nSPS) is 26.6. The summed E-state index contributed by atoms with van der Waals surface area (Å²) in [6, 6.07) is 9.59. The van der Waals surface area contributed by atoms with E-state index in [1.54, 1.807) is 0 Å². The second-order valence-electron chi connectivity index (χ2n) is 6.11. The largest absolute Gasteiger partial charge is 0.634 e. The number of esters is 1. The van der Waals surface area contributed by atoms with Crippen molar-refractivity contribution in [3.8, 4) is 0 Å². The van der Waals surface area contributed by atoms with E-state index >= 15 is 0 Å². The zero-order valence-corrected chi connectivity index (χ0v) is 11.7. The third-order valence-electron chi connectivity index (χ3n) is 3.33. The van der Waals surface area contributed by atoms with E-state index in [9.17, 15) is 10.0 Å². The van der Waals surface area contributed by atoms with Crippen molar-refractivity contribution in [2.45, 2.75) is 38.8 Å². The molecule has 19 heavy (non-hydrogen) atoms. The minimum Gasteiger partial charge on any atom is -0.634 e. The molecule has 0 radical (unpaired) electrons. The van der Waals surface area contributed by atoms with Crippen LogP contribution in [0.5, 0.6) is 0 Å². The first kappa shape index (κ1) is 14.0.